The minimum atomic E-state index is -1.54. The predicted molar refractivity (Wildman–Crippen MR) is 94.4 cm³/mol. The van der Waals surface area contributed by atoms with Crippen molar-refractivity contribution < 1.29 is 43.1 Å². The van der Waals surface area contributed by atoms with Crippen molar-refractivity contribution in [3.8, 4) is 0 Å². The molecule has 11 nitrogen and oxygen atoms in total. The molecule has 1 saturated heterocycles. The summed E-state index contributed by atoms with van der Waals surface area (Å²) < 4.78 is 10.1. The second kappa shape index (κ2) is 8.99. The summed E-state index contributed by atoms with van der Waals surface area (Å²) in [5, 5.41) is 0.295. The molecule has 0 saturated carbocycles. The first kappa shape index (κ1) is 20.7. The Balaban J connectivity index is 1.61. The van der Waals surface area contributed by atoms with Gasteiger partial charge in [0.15, 0.2) is 0 Å². The van der Waals surface area contributed by atoms with Gasteiger partial charge in [0, 0.05) is 37.1 Å². The number of hydrogen-bond donors (Lipinski definition) is 0. The second-order valence-corrected chi connectivity index (χ2v) is 6.18. The molecule has 1 unspecified atom stereocenters. The number of hydrogen-bond acceptors (Lipinski definition) is 9. The molecular formula is C19H16N2O9. The molecular weight excluding hydrogens is 400 g/mol. The Bertz CT molecular complexity index is 891. The van der Waals surface area contributed by atoms with Crippen LogP contribution in [0.4, 0.5) is 4.79 Å². The fraction of sp³-hybridized carbons (Fsp3) is 0.263. The summed E-state index contributed by atoms with van der Waals surface area (Å²) in [6.45, 7) is -0.216. The van der Waals surface area contributed by atoms with E-state index in [-0.39, 0.29) is 31.4 Å². The Hall–Kier alpha value is -4.02. The van der Waals surface area contributed by atoms with Crippen LogP contribution in [-0.4, -0.2) is 52.3 Å². The fourth-order valence-electron chi connectivity index (χ4n) is 2.64. The number of amides is 4. The van der Waals surface area contributed by atoms with Gasteiger partial charge in [0.2, 0.25) is 0 Å². The van der Waals surface area contributed by atoms with Gasteiger partial charge in [-0.3, -0.25) is 33.7 Å². The van der Waals surface area contributed by atoms with E-state index >= 15 is 0 Å². The van der Waals surface area contributed by atoms with E-state index in [1.165, 1.54) is 12.1 Å². The minimum Gasteiger partial charge on any atom is -0.420 e. The zero-order valence-corrected chi connectivity index (χ0v) is 15.5. The third-order valence-corrected chi connectivity index (χ3v) is 4.13. The number of nitrogens with zero attached hydrogens (tertiary/aromatic N) is 2. The van der Waals surface area contributed by atoms with Gasteiger partial charge in [0.05, 0.1) is 6.42 Å². The number of benzene rings is 1. The number of carbonyl (C=O) groups excluding carboxylic acids is 6. The van der Waals surface area contributed by atoms with Crippen LogP contribution in [0.25, 0.3) is 0 Å². The molecule has 0 N–H and O–H groups in total. The van der Waals surface area contributed by atoms with Crippen molar-refractivity contribution in [2.45, 2.75) is 25.6 Å². The summed E-state index contributed by atoms with van der Waals surface area (Å²) in [4.78, 5) is 75.8. The number of imide groups is 2. The van der Waals surface area contributed by atoms with Crippen LogP contribution in [0.15, 0.2) is 42.5 Å². The minimum absolute atomic E-state index is 0.0913. The van der Waals surface area contributed by atoms with Gasteiger partial charge >= 0.3 is 12.1 Å². The summed E-state index contributed by atoms with van der Waals surface area (Å²) in [5.74, 6) is -3.35. The van der Waals surface area contributed by atoms with Crippen LogP contribution in [0.2, 0.25) is 0 Å². The predicted octanol–water partition coefficient (Wildman–Crippen LogP) is 0.761. The second-order valence-electron chi connectivity index (χ2n) is 6.18. The van der Waals surface area contributed by atoms with Crippen LogP contribution in [0.5, 0.6) is 0 Å². The standard InChI is InChI=1S/C19H16N2O9/c22-13-6-7-14(23)20(13)11-10-17(26)28-18(12-4-2-1-3-5-12)29-19(27)30-21-15(24)8-9-16(21)25/h1-7,18H,8-11H2. The smallest absolute Gasteiger partial charge is 0.420 e. The van der Waals surface area contributed by atoms with E-state index in [0.717, 1.165) is 17.1 Å². The Morgan fingerprint density at radius 2 is 1.50 bits per heavy atom. The molecule has 4 amide bonds. The molecule has 1 fully saturated rings. The van der Waals surface area contributed by atoms with Crippen LogP contribution in [0.1, 0.15) is 31.1 Å². The Kier molecular flexibility index (Phi) is 6.20. The van der Waals surface area contributed by atoms with Gasteiger partial charge < -0.3 is 9.47 Å². The highest BCUT2D eigenvalue weighted by atomic mass is 16.9. The lowest BCUT2D eigenvalue weighted by Gasteiger charge is -2.20. The Labute approximate surface area is 169 Å². The van der Waals surface area contributed by atoms with Crippen LogP contribution in [0, 0.1) is 0 Å². The highest BCUT2D eigenvalue weighted by molar-refractivity contribution is 6.13. The van der Waals surface area contributed by atoms with Crippen molar-refractivity contribution in [2.75, 3.05) is 6.54 Å². The van der Waals surface area contributed by atoms with Crippen molar-refractivity contribution in [3.05, 3.63) is 48.0 Å². The molecule has 156 valence electrons. The molecule has 1 aromatic rings. The third-order valence-electron chi connectivity index (χ3n) is 4.13. The lowest BCUT2D eigenvalue weighted by molar-refractivity contribution is -0.195. The molecule has 30 heavy (non-hydrogen) atoms. The third kappa shape index (κ3) is 4.87. The maximum absolute atomic E-state index is 12.2. The van der Waals surface area contributed by atoms with Crippen LogP contribution in [0.3, 0.4) is 0 Å². The molecule has 2 aliphatic heterocycles. The van der Waals surface area contributed by atoms with Crippen molar-refractivity contribution >= 4 is 35.8 Å². The highest BCUT2D eigenvalue weighted by Crippen LogP contribution is 2.22. The van der Waals surface area contributed by atoms with Gasteiger partial charge in [-0.05, 0) is 0 Å². The fourth-order valence-corrected chi connectivity index (χ4v) is 2.64. The lowest BCUT2D eigenvalue weighted by Crippen LogP contribution is -2.34. The first-order valence-corrected chi connectivity index (χ1v) is 8.87. The molecule has 0 radical (unpaired) electrons. The van der Waals surface area contributed by atoms with Gasteiger partial charge in [0.1, 0.15) is 0 Å². The summed E-state index contributed by atoms with van der Waals surface area (Å²) in [6, 6.07) is 7.90. The van der Waals surface area contributed by atoms with Gasteiger partial charge in [-0.1, -0.05) is 35.4 Å². The quantitative estimate of drug-likeness (QED) is 0.358. The van der Waals surface area contributed by atoms with Gasteiger partial charge in [0.25, 0.3) is 29.9 Å². The average Bonchev–Trinajstić information content (AvgIpc) is 3.22. The van der Waals surface area contributed by atoms with Crippen molar-refractivity contribution in [3.63, 3.8) is 0 Å². The summed E-state index contributed by atoms with van der Waals surface area (Å²) in [5.41, 5.74) is 0.275. The zero-order valence-electron chi connectivity index (χ0n) is 15.5. The normalized spacial score (nSPS) is 16.8. The molecule has 0 aromatic heterocycles. The van der Waals surface area contributed by atoms with Crippen molar-refractivity contribution in [1.82, 2.24) is 9.96 Å². The Morgan fingerprint density at radius 3 is 2.10 bits per heavy atom. The maximum Gasteiger partial charge on any atom is 0.537 e. The number of hydroxylamine groups is 2. The van der Waals surface area contributed by atoms with E-state index in [2.05, 4.69) is 4.84 Å². The summed E-state index contributed by atoms with van der Waals surface area (Å²) >= 11 is 0. The Morgan fingerprint density at radius 1 is 0.900 bits per heavy atom. The van der Waals surface area contributed by atoms with Crippen LogP contribution >= 0.6 is 0 Å². The van der Waals surface area contributed by atoms with E-state index in [4.69, 9.17) is 9.47 Å². The summed E-state index contributed by atoms with van der Waals surface area (Å²) in [6.07, 6.45) is -1.32. The first-order valence-electron chi connectivity index (χ1n) is 8.87. The number of rotatable bonds is 7. The molecule has 0 spiro atoms. The molecule has 2 aliphatic rings. The van der Waals surface area contributed by atoms with Crippen molar-refractivity contribution in [1.29, 1.82) is 0 Å². The molecule has 0 aliphatic carbocycles. The number of ether oxygens (including phenoxy) is 2. The summed E-state index contributed by atoms with van der Waals surface area (Å²) in [7, 11) is 0. The van der Waals surface area contributed by atoms with Crippen LogP contribution in [-0.2, 0) is 38.3 Å². The van der Waals surface area contributed by atoms with E-state index in [1.54, 1.807) is 18.2 Å². The molecule has 2 heterocycles. The van der Waals surface area contributed by atoms with Crippen LogP contribution < -0.4 is 0 Å². The van der Waals surface area contributed by atoms with E-state index in [9.17, 15) is 28.8 Å². The molecule has 3 rings (SSSR count). The molecule has 0 bridgehead atoms. The van der Waals surface area contributed by atoms with E-state index in [1.807, 2.05) is 0 Å². The number of carbonyl (C=O) groups is 6. The topological polar surface area (TPSA) is 137 Å². The van der Waals surface area contributed by atoms with Gasteiger partial charge in [-0.2, -0.15) is 0 Å². The molecule has 11 heteroatoms. The monoisotopic (exact) mass is 416 g/mol. The van der Waals surface area contributed by atoms with Gasteiger partial charge in [-0.25, -0.2) is 4.79 Å². The zero-order chi connectivity index (χ0) is 21.7. The van der Waals surface area contributed by atoms with E-state index < -0.39 is 42.0 Å². The average molecular weight is 416 g/mol. The number of esters is 1. The highest BCUT2D eigenvalue weighted by Gasteiger charge is 2.34. The molecule has 1 aromatic carbocycles. The molecule has 1 atom stereocenters. The van der Waals surface area contributed by atoms with Gasteiger partial charge in [-0.15, -0.1) is 0 Å². The SMILES string of the molecule is O=C(CCN1C(=O)C=CC1=O)OC(OC(=O)ON1C(=O)CCC1=O)c1ccccc1. The lowest BCUT2D eigenvalue weighted by atomic mass is 10.2. The van der Waals surface area contributed by atoms with Crippen molar-refractivity contribution in [2.24, 2.45) is 0 Å². The maximum atomic E-state index is 12.2. The first-order chi connectivity index (χ1) is 14.3. The van der Waals surface area contributed by atoms with E-state index in [0.29, 0.717) is 5.06 Å². The largest absolute Gasteiger partial charge is 0.537 e.